The molecule has 1 saturated heterocycles. The Bertz CT molecular complexity index is 651. The first-order valence-corrected chi connectivity index (χ1v) is 10.4. The normalized spacial score (nSPS) is 16.1. The average molecular weight is 372 g/mol. The van der Waals surface area contributed by atoms with Crippen LogP contribution in [0.4, 0.5) is 0 Å². The number of carbonyl (C=O) groups is 1. The van der Waals surface area contributed by atoms with E-state index >= 15 is 0 Å². The lowest BCUT2D eigenvalue weighted by Gasteiger charge is -2.32. The van der Waals surface area contributed by atoms with Gasteiger partial charge in [0.15, 0.2) is 0 Å². The van der Waals surface area contributed by atoms with Gasteiger partial charge in [-0.2, -0.15) is 0 Å². The van der Waals surface area contributed by atoms with Gasteiger partial charge in [-0.1, -0.05) is 43.3 Å². The van der Waals surface area contributed by atoms with Gasteiger partial charge in [0.25, 0.3) is 0 Å². The summed E-state index contributed by atoms with van der Waals surface area (Å²) < 4.78 is 0. The van der Waals surface area contributed by atoms with Crippen molar-refractivity contribution < 1.29 is 4.79 Å². The molecule has 0 bridgehead atoms. The van der Waals surface area contributed by atoms with E-state index in [1.807, 2.05) is 0 Å². The highest BCUT2D eigenvalue weighted by Crippen LogP contribution is 2.14. The third kappa shape index (κ3) is 5.94. The first-order chi connectivity index (χ1) is 12.7. The molecule has 2 heterocycles. The maximum absolute atomic E-state index is 12.4. The molecule has 0 radical (unpaired) electrons. The van der Waals surface area contributed by atoms with Crippen LogP contribution in [0.1, 0.15) is 30.2 Å². The van der Waals surface area contributed by atoms with E-state index in [-0.39, 0.29) is 5.91 Å². The lowest BCUT2D eigenvalue weighted by molar-refractivity contribution is -0.123. The van der Waals surface area contributed by atoms with Gasteiger partial charge >= 0.3 is 0 Å². The van der Waals surface area contributed by atoms with Gasteiger partial charge in [0.1, 0.15) is 0 Å². The van der Waals surface area contributed by atoms with E-state index in [4.69, 9.17) is 0 Å². The second-order valence-corrected chi connectivity index (χ2v) is 8.02. The van der Waals surface area contributed by atoms with E-state index in [9.17, 15) is 4.79 Å². The van der Waals surface area contributed by atoms with Crippen LogP contribution in [-0.2, 0) is 17.9 Å². The average Bonchev–Trinajstić information content (AvgIpc) is 3.17. The minimum Gasteiger partial charge on any atom is -0.352 e. The van der Waals surface area contributed by atoms with Gasteiger partial charge in [-0.25, -0.2) is 0 Å². The third-order valence-electron chi connectivity index (χ3n) is 4.98. The second-order valence-electron chi connectivity index (χ2n) is 6.99. The van der Waals surface area contributed by atoms with Crippen LogP contribution in [-0.4, -0.2) is 47.9 Å². The lowest BCUT2D eigenvalue weighted by Crippen LogP contribution is -2.47. The molecule has 1 amide bonds. The van der Waals surface area contributed by atoms with Crippen molar-refractivity contribution in [2.75, 3.05) is 26.2 Å². The van der Waals surface area contributed by atoms with Gasteiger partial charge in [-0.3, -0.25) is 14.6 Å². The number of nitrogens with one attached hydrogen (secondary N) is 1. The number of amides is 1. The maximum Gasteiger partial charge on any atom is 0.234 e. The third-order valence-corrected chi connectivity index (χ3v) is 5.84. The van der Waals surface area contributed by atoms with Crippen LogP contribution >= 0.6 is 11.3 Å². The SMILES string of the molecule is CCN(CC(=O)NC1CCN(Cc2ccccc2)CC1)Cc1cccs1. The molecule has 2 aromatic rings. The molecule has 0 saturated carbocycles. The molecule has 3 rings (SSSR count). The van der Waals surface area contributed by atoms with Crippen molar-refractivity contribution in [2.45, 2.75) is 38.9 Å². The van der Waals surface area contributed by atoms with Crippen LogP contribution in [0.2, 0.25) is 0 Å². The smallest absolute Gasteiger partial charge is 0.234 e. The fourth-order valence-corrected chi connectivity index (χ4v) is 4.20. The number of likely N-dealkylation sites (N-methyl/N-ethyl adjacent to an activating group) is 1. The van der Waals surface area contributed by atoms with E-state index in [0.29, 0.717) is 12.6 Å². The van der Waals surface area contributed by atoms with Gasteiger partial charge in [0.05, 0.1) is 6.54 Å². The molecule has 1 aromatic carbocycles. The van der Waals surface area contributed by atoms with Crippen molar-refractivity contribution in [1.29, 1.82) is 0 Å². The number of thiophene rings is 1. The number of nitrogens with zero attached hydrogens (tertiary/aromatic N) is 2. The highest BCUT2D eigenvalue weighted by atomic mass is 32.1. The quantitative estimate of drug-likeness (QED) is 0.773. The summed E-state index contributed by atoms with van der Waals surface area (Å²) in [6.07, 6.45) is 2.07. The summed E-state index contributed by atoms with van der Waals surface area (Å²) in [5.41, 5.74) is 1.36. The Morgan fingerprint density at radius 2 is 1.96 bits per heavy atom. The topological polar surface area (TPSA) is 35.6 Å². The van der Waals surface area contributed by atoms with Crippen LogP contribution in [0.3, 0.4) is 0 Å². The Balaban J connectivity index is 1.38. The molecule has 1 N–H and O–H groups in total. The molecule has 4 nitrogen and oxygen atoms in total. The molecule has 1 fully saturated rings. The van der Waals surface area contributed by atoms with Gasteiger partial charge in [0, 0.05) is 37.1 Å². The summed E-state index contributed by atoms with van der Waals surface area (Å²) in [5, 5.41) is 5.33. The van der Waals surface area contributed by atoms with Crippen molar-refractivity contribution in [3.63, 3.8) is 0 Å². The van der Waals surface area contributed by atoms with E-state index in [2.05, 4.69) is 69.9 Å². The minimum absolute atomic E-state index is 0.157. The van der Waals surface area contributed by atoms with Crippen molar-refractivity contribution >= 4 is 17.2 Å². The van der Waals surface area contributed by atoms with Gasteiger partial charge in [0.2, 0.25) is 5.91 Å². The molecule has 26 heavy (non-hydrogen) atoms. The summed E-state index contributed by atoms with van der Waals surface area (Å²) >= 11 is 1.75. The highest BCUT2D eigenvalue weighted by Gasteiger charge is 2.21. The van der Waals surface area contributed by atoms with Crippen LogP contribution in [0.5, 0.6) is 0 Å². The second kappa shape index (κ2) is 9.86. The molecule has 0 unspecified atom stereocenters. The Kier molecular flexibility index (Phi) is 7.23. The molecular formula is C21H29N3OS. The van der Waals surface area contributed by atoms with E-state index in [1.54, 1.807) is 11.3 Å². The molecule has 0 spiro atoms. The Hall–Kier alpha value is -1.69. The van der Waals surface area contributed by atoms with E-state index < -0.39 is 0 Å². The van der Waals surface area contributed by atoms with Crippen LogP contribution < -0.4 is 5.32 Å². The molecule has 140 valence electrons. The molecular weight excluding hydrogens is 342 g/mol. The van der Waals surface area contributed by atoms with Crippen molar-refractivity contribution in [3.8, 4) is 0 Å². The Morgan fingerprint density at radius 3 is 2.62 bits per heavy atom. The maximum atomic E-state index is 12.4. The summed E-state index contributed by atoms with van der Waals surface area (Å²) in [6, 6.07) is 15.1. The highest BCUT2D eigenvalue weighted by molar-refractivity contribution is 7.09. The number of benzene rings is 1. The van der Waals surface area contributed by atoms with Gasteiger partial charge in [-0.05, 0) is 36.4 Å². The van der Waals surface area contributed by atoms with Gasteiger partial charge in [-0.15, -0.1) is 11.3 Å². The summed E-state index contributed by atoms with van der Waals surface area (Å²) in [5.74, 6) is 0.157. The number of hydrogen-bond acceptors (Lipinski definition) is 4. The fourth-order valence-electron chi connectivity index (χ4n) is 3.46. The zero-order valence-electron chi connectivity index (χ0n) is 15.6. The number of rotatable bonds is 8. The predicted molar refractivity (Wildman–Crippen MR) is 108 cm³/mol. The molecule has 5 heteroatoms. The van der Waals surface area contributed by atoms with Crippen LogP contribution in [0.25, 0.3) is 0 Å². The summed E-state index contributed by atoms with van der Waals surface area (Å²) in [4.78, 5) is 18.4. The van der Waals surface area contributed by atoms with E-state index in [1.165, 1.54) is 10.4 Å². The van der Waals surface area contributed by atoms with Crippen LogP contribution in [0, 0.1) is 0 Å². The zero-order chi connectivity index (χ0) is 18.2. The molecule has 1 aliphatic heterocycles. The molecule has 1 aromatic heterocycles. The number of hydrogen-bond donors (Lipinski definition) is 1. The van der Waals surface area contributed by atoms with E-state index in [0.717, 1.165) is 45.6 Å². The lowest BCUT2D eigenvalue weighted by atomic mass is 10.0. The zero-order valence-corrected chi connectivity index (χ0v) is 16.4. The fraction of sp³-hybridized carbons (Fsp3) is 0.476. The summed E-state index contributed by atoms with van der Waals surface area (Å²) in [7, 11) is 0. The van der Waals surface area contributed by atoms with Crippen molar-refractivity contribution in [2.24, 2.45) is 0 Å². The Labute approximate surface area is 160 Å². The first-order valence-electron chi connectivity index (χ1n) is 9.53. The largest absolute Gasteiger partial charge is 0.352 e. The Morgan fingerprint density at radius 1 is 1.19 bits per heavy atom. The monoisotopic (exact) mass is 371 g/mol. The predicted octanol–water partition coefficient (Wildman–Crippen LogP) is 3.35. The van der Waals surface area contributed by atoms with Gasteiger partial charge < -0.3 is 5.32 Å². The van der Waals surface area contributed by atoms with Crippen LogP contribution in [0.15, 0.2) is 47.8 Å². The molecule has 0 atom stereocenters. The standard InChI is InChI=1S/C21H29N3OS/c1-2-23(16-20-9-6-14-26-20)17-21(25)22-19-10-12-24(13-11-19)15-18-7-4-3-5-8-18/h3-9,14,19H,2,10-13,15-17H2,1H3,(H,22,25). The minimum atomic E-state index is 0.157. The number of likely N-dealkylation sites (tertiary alicyclic amines) is 1. The van der Waals surface area contributed by atoms with Crippen molar-refractivity contribution in [1.82, 2.24) is 15.1 Å². The molecule has 0 aliphatic carbocycles. The first kappa shape index (κ1) is 19.1. The summed E-state index contributed by atoms with van der Waals surface area (Å²) in [6.45, 7) is 7.45. The van der Waals surface area contributed by atoms with Crippen molar-refractivity contribution in [3.05, 3.63) is 58.3 Å². The molecule has 1 aliphatic rings. The number of carbonyl (C=O) groups excluding carboxylic acids is 1. The number of piperidine rings is 1.